The highest BCUT2D eigenvalue weighted by atomic mass is 32.1. The molecular formula is C71H69BN5S+. The standard InChI is InChI=1S/C71H69BN5S/c1-44-18-27-50(28-19-44)75(51-29-20-45(2)21-30-51)61-43-60-65(63-55-16-14-15-17-57(55)73(13)67(61)63)72-64-58(76(60)52-31-22-47(23-32-52)69(4,5)6)41-54(74-38-36-46(3)37-39-74)42-59(64)77(53-33-24-48(25-34-53)70(7,8)9)66-56-40-49(71(10,11)12)26-35-62(56)78-68(66)72/h14-43H,1-13H3/q+1. The van der Waals surface area contributed by atoms with Crippen molar-refractivity contribution < 1.29 is 4.57 Å². The van der Waals surface area contributed by atoms with Crippen LogP contribution in [0.4, 0.5) is 51.2 Å². The molecule has 11 aromatic rings. The molecule has 0 amide bonds. The first kappa shape index (κ1) is 49.7. The summed E-state index contributed by atoms with van der Waals surface area (Å²) in [7, 11) is 2.28. The number of pyridine rings is 1. The van der Waals surface area contributed by atoms with Crippen LogP contribution < -0.4 is 35.0 Å². The van der Waals surface area contributed by atoms with E-state index in [9.17, 15) is 0 Å². The number of para-hydroxylation sites is 1. The van der Waals surface area contributed by atoms with E-state index in [-0.39, 0.29) is 23.0 Å². The molecule has 78 heavy (non-hydrogen) atoms. The van der Waals surface area contributed by atoms with E-state index < -0.39 is 0 Å². The van der Waals surface area contributed by atoms with Gasteiger partial charge in [-0.15, -0.1) is 11.3 Å². The second-order valence-corrected chi connectivity index (χ2v) is 26.4. The predicted molar refractivity (Wildman–Crippen MR) is 336 cm³/mol. The van der Waals surface area contributed by atoms with Crippen LogP contribution in [0.15, 0.2) is 182 Å². The lowest BCUT2D eigenvalue weighted by molar-refractivity contribution is -0.595. The first-order valence-electron chi connectivity index (χ1n) is 27.7. The highest BCUT2D eigenvalue weighted by Gasteiger charge is 2.48. The third-order valence-electron chi connectivity index (χ3n) is 16.7. The molecule has 13 rings (SSSR count). The first-order valence-corrected chi connectivity index (χ1v) is 28.6. The molecule has 2 aliphatic heterocycles. The molecule has 5 heterocycles. The van der Waals surface area contributed by atoms with Crippen LogP contribution in [-0.4, -0.2) is 11.3 Å². The molecule has 0 saturated heterocycles. The van der Waals surface area contributed by atoms with Crippen LogP contribution in [0.5, 0.6) is 0 Å². The summed E-state index contributed by atoms with van der Waals surface area (Å²) in [5.41, 5.74) is 24.1. The Morgan fingerprint density at radius 3 is 1.55 bits per heavy atom. The van der Waals surface area contributed by atoms with Gasteiger partial charge in [-0.1, -0.05) is 146 Å². The van der Waals surface area contributed by atoms with Gasteiger partial charge in [0.15, 0.2) is 12.4 Å². The third-order valence-corrected chi connectivity index (χ3v) is 18.0. The summed E-state index contributed by atoms with van der Waals surface area (Å²) < 4.78 is 7.44. The zero-order valence-electron chi connectivity index (χ0n) is 47.5. The Hall–Kier alpha value is -7.87. The minimum absolute atomic E-state index is 0.00153. The molecule has 386 valence electrons. The normalized spacial score (nSPS) is 13.4. The summed E-state index contributed by atoms with van der Waals surface area (Å²) in [6, 6.07) is 65.4. The molecule has 0 aliphatic carbocycles. The van der Waals surface area contributed by atoms with Gasteiger partial charge in [0.05, 0.1) is 28.3 Å². The number of thiophene rings is 1. The number of benzene rings is 8. The van der Waals surface area contributed by atoms with Crippen LogP contribution in [0.3, 0.4) is 0 Å². The molecular weight excluding hydrogens is 966 g/mol. The van der Waals surface area contributed by atoms with Crippen LogP contribution >= 0.6 is 11.3 Å². The molecule has 0 N–H and O–H groups in total. The molecule has 2 aliphatic rings. The molecule has 5 nitrogen and oxygen atoms in total. The van der Waals surface area contributed by atoms with E-state index in [2.05, 4.69) is 296 Å². The zero-order chi connectivity index (χ0) is 54.3. The molecule has 7 heteroatoms. The van der Waals surface area contributed by atoms with Crippen LogP contribution in [0, 0.1) is 20.8 Å². The maximum absolute atomic E-state index is 2.64. The van der Waals surface area contributed by atoms with Crippen molar-refractivity contribution in [2.24, 2.45) is 7.05 Å². The highest BCUT2D eigenvalue weighted by molar-refractivity contribution is 7.34. The van der Waals surface area contributed by atoms with Gasteiger partial charge in [-0.05, 0) is 143 Å². The number of anilines is 9. The molecule has 0 unspecified atom stereocenters. The van der Waals surface area contributed by atoms with E-state index in [1.807, 2.05) is 11.3 Å². The first-order chi connectivity index (χ1) is 37.2. The summed E-state index contributed by atoms with van der Waals surface area (Å²) in [5.74, 6) is 0. The lowest BCUT2D eigenvalue weighted by Crippen LogP contribution is -2.61. The Labute approximate surface area is 465 Å². The van der Waals surface area contributed by atoms with E-state index in [0.717, 1.165) is 34.1 Å². The van der Waals surface area contributed by atoms with Gasteiger partial charge in [-0.2, -0.15) is 4.57 Å². The van der Waals surface area contributed by atoms with E-state index in [1.54, 1.807) is 0 Å². The highest BCUT2D eigenvalue weighted by Crippen LogP contribution is 2.53. The summed E-state index contributed by atoms with van der Waals surface area (Å²) in [6.45, 7) is 27.3. The van der Waals surface area contributed by atoms with Crippen LogP contribution in [0.1, 0.15) is 95.7 Å². The van der Waals surface area contributed by atoms with Crippen LogP contribution in [-0.2, 0) is 23.3 Å². The summed E-state index contributed by atoms with van der Waals surface area (Å²) >= 11 is 1.98. The number of hydrogen-bond donors (Lipinski definition) is 0. The Kier molecular flexibility index (Phi) is 11.4. The largest absolute Gasteiger partial charge is 0.342 e. The molecule has 0 atom stereocenters. The minimum atomic E-state index is -0.127. The molecule has 8 aromatic carbocycles. The summed E-state index contributed by atoms with van der Waals surface area (Å²) in [4.78, 5) is 7.76. The maximum Gasteiger partial charge on any atom is 0.265 e. The van der Waals surface area contributed by atoms with E-state index in [0.29, 0.717) is 0 Å². The second-order valence-electron chi connectivity index (χ2n) is 25.3. The van der Waals surface area contributed by atoms with Gasteiger partial charge < -0.3 is 19.3 Å². The number of hydrogen-bond acceptors (Lipinski definition) is 4. The Morgan fingerprint density at radius 2 is 0.987 bits per heavy atom. The van der Waals surface area contributed by atoms with Gasteiger partial charge in [-0.3, -0.25) is 0 Å². The monoisotopic (exact) mass is 1030 g/mol. The van der Waals surface area contributed by atoms with Crippen molar-refractivity contribution in [1.82, 2.24) is 4.57 Å². The lowest BCUT2D eigenvalue weighted by Gasteiger charge is -2.44. The van der Waals surface area contributed by atoms with Crippen LogP contribution in [0.25, 0.3) is 37.6 Å². The van der Waals surface area contributed by atoms with E-state index in [1.165, 1.54) is 104 Å². The minimum Gasteiger partial charge on any atom is -0.342 e. The van der Waals surface area contributed by atoms with Crippen molar-refractivity contribution in [1.29, 1.82) is 0 Å². The number of nitrogens with zero attached hydrogens (tertiary/aromatic N) is 5. The fourth-order valence-corrected chi connectivity index (χ4v) is 13.6. The maximum atomic E-state index is 2.64. The number of rotatable bonds is 6. The van der Waals surface area contributed by atoms with Gasteiger partial charge in [0.2, 0.25) is 5.69 Å². The predicted octanol–water partition coefficient (Wildman–Crippen LogP) is 17.2. The van der Waals surface area contributed by atoms with Crippen molar-refractivity contribution in [2.45, 2.75) is 99.3 Å². The molecule has 0 bridgehead atoms. The summed E-state index contributed by atoms with van der Waals surface area (Å²) in [5, 5.41) is 3.82. The van der Waals surface area contributed by atoms with E-state index >= 15 is 0 Å². The zero-order valence-corrected chi connectivity index (χ0v) is 48.4. The van der Waals surface area contributed by atoms with Crippen molar-refractivity contribution in [3.63, 3.8) is 0 Å². The third kappa shape index (κ3) is 7.98. The average molecular weight is 1040 g/mol. The quantitative estimate of drug-likeness (QED) is 0.122. The van der Waals surface area contributed by atoms with Crippen molar-refractivity contribution in [3.05, 3.63) is 216 Å². The topological polar surface area (TPSA) is 18.5 Å². The van der Waals surface area contributed by atoms with Gasteiger partial charge in [0.25, 0.3) is 6.71 Å². The van der Waals surface area contributed by atoms with Crippen molar-refractivity contribution in [2.75, 3.05) is 14.7 Å². The van der Waals surface area contributed by atoms with Crippen molar-refractivity contribution in [3.8, 4) is 5.69 Å². The molecule has 3 aromatic heterocycles. The summed E-state index contributed by atoms with van der Waals surface area (Å²) in [6.07, 6.45) is 4.46. The fraction of sp³-hybridized carbons (Fsp3) is 0.225. The molecule has 0 radical (unpaired) electrons. The van der Waals surface area contributed by atoms with Gasteiger partial charge >= 0.3 is 0 Å². The molecule has 0 spiro atoms. The van der Waals surface area contributed by atoms with E-state index in [4.69, 9.17) is 0 Å². The van der Waals surface area contributed by atoms with Crippen LogP contribution in [0.2, 0.25) is 0 Å². The Balaban J connectivity index is 1.23. The molecule has 0 saturated carbocycles. The second kappa shape index (κ2) is 17.8. The number of aryl methyl sites for hydroxylation is 4. The Morgan fingerprint density at radius 1 is 0.487 bits per heavy atom. The smallest absolute Gasteiger partial charge is 0.265 e. The van der Waals surface area contributed by atoms with Gasteiger partial charge in [0.1, 0.15) is 0 Å². The van der Waals surface area contributed by atoms with Gasteiger partial charge in [-0.25, -0.2) is 0 Å². The van der Waals surface area contributed by atoms with Gasteiger partial charge in [0, 0.05) is 90.9 Å². The lowest BCUT2D eigenvalue weighted by atomic mass is 9.35. The van der Waals surface area contributed by atoms with Crippen molar-refractivity contribution >= 4 is 117 Å². The molecule has 0 fully saturated rings. The Bertz CT molecular complexity index is 4120. The fourth-order valence-electron chi connectivity index (χ4n) is 12.3. The SMILES string of the molecule is Cc1ccc(N(c2ccc(C)cc2)c2cc3c(c4c5ccccc5n(C)c24)B2c4sc5ccc(C(C)(C)C)cc5c4N(c4ccc(C(C)(C)C)cc4)c4cc(-[n+]5ccc(C)cc5)cc(c42)N3c2ccc(C(C)(C)C)cc2)cc1. The number of aromatic nitrogens is 2. The number of fused-ring (bicyclic) bond motifs is 10. The average Bonchev–Trinajstić information content (AvgIpc) is 2.64.